The molecular formula is C4H7N4. The predicted octanol–water partition coefficient (Wildman–Crippen LogP) is -0.125. The lowest BCUT2D eigenvalue weighted by Crippen LogP contribution is -1.98. The molecule has 4 heteroatoms. The Kier molecular flexibility index (Phi) is 1.24. The molecule has 0 aliphatic heterocycles. The van der Waals surface area contributed by atoms with E-state index in [4.69, 9.17) is 0 Å². The number of aromatic nitrogens is 4. The van der Waals surface area contributed by atoms with Crippen LogP contribution in [0, 0.1) is 6.92 Å². The Labute approximate surface area is 47.5 Å². The first-order valence-corrected chi connectivity index (χ1v) is 2.42. The van der Waals surface area contributed by atoms with Gasteiger partial charge in [0.25, 0.3) is 0 Å². The van der Waals surface area contributed by atoms with Crippen LogP contribution in [0.5, 0.6) is 0 Å². The molecule has 1 rings (SSSR count). The van der Waals surface area contributed by atoms with Gasteiger partial charge in [-0.1, -0.05) is 0 Å². The van der Waals surface area contributed by atoms with Crippen LogP contribution in [-0.2, 0) is 6.54 Å². The fourth-order valence-electron chi connectivity index (χ4n) is 0.410. The fourth-order valence-corrected chi connectivity index (χ4v) is 0.410. The molecule has 0 saturated heterocycles. The molecule has 1 heterocycles. The molecule has 0 spiro atoms. The van der Waals surface area contributed by atoms with E-state index in [2.05, 4.69) is 22.3 Å². The first-order chi connectivity index (χ1) is 3.83. The lowest BCUT2D eigenvalue weighted by molar-refractivity contribution is 0.552. The monoisotopic (exact) mass is 111 g/mol. The van der Waals surface area contributed by atoms with Crippen molar-refractivity contribution in [2.45, 2.75) is 13.5 Å². The molecule has 1 aromatic rings. The third-order valence-electron chi connectivity index (χ3n) is 0.777. The van der Waals surface area contributed by atoms with Crippen LogP contribution >= 0.6 is 0 Å². The molecule has 0 saturated carbocycles. The second-order valence-corrected chi connectivity index (χ2v) is 1.39. The van der Waals surface area contributed by atoms with E-state index < -0.39 is 0 Å². The first kappa shape index (κ1) is 5.21. The van der Waals surface area contributed by atoms with Crippen LogP contribution < -0.4 is 0 Å². The second kappa shape index (κ2) is 1.90. The van der Waals surface area contributed by atoms with Gasteiger partial charge in [-0.2, -0.15) is 4.80 Å². The highest BCUT2D eigenvalue weighted by Gasteiger charge is 1.89. The number of hydrogen-bond donors (Lipinski definition) is 0. The van der Waals surface area contributed by atoms with E-state index >= 15 is 0 Å². The maximum absolute atomic E-state index is 3.81. The lowest BCUT2D eigenvalue weighted by atomic mass is 10.8. The smallest absolute Gasteiger partial charge is 0.164 e. The molecule has 0 N–H and O–H groups in total. The van der Waals surface area contributed by atoms with Crippen molar-refractivity contribution in [2.75, 3.05) is 0 Å². The fraction of sp³-hybridized carbons (Fsp3) is 0.500. The van der Waals surface area contributed by atoms with E-state index in [9.17, 15) is 0 Å². The number of tetrazole rings is 1. The zero-order chi connectivity index (χ0) is 5.98. The SMILES string of the molecule is [CH2]c1nnn(CC)n1. The molecule has 43 valence electrons. The number of aryl methyl sites for hydroxylation is 1. The highest BCUT2D eigenvalue weighted by atomic mass is 15.6. The van der Waals surface area contributed by atoms with E-state index in [1.807, 2.05) is 6.92 Å². The molecule has 0 bridgehead atoms. The van der Waals surface area contributed by atoms with Gasteiger partial charge in [0.2, 0.25) is 0 Å². The zero-order valence-electron chi connectivity index (χ0n) is 4.70. The zero-order valence-corrected chi connectivity index (χ0v) is 4.70. The average Bonchev–Trinajstić information content (AvgIpc) is 2.14. The summed E-state index contributed by atoms with van der Waals surface area (Å²) in [6.45, 7) is 6.18. The molecule has 0 fully saturated rings. The highest BCUT2D eigenvalue weighted by molar-refractivity contribution is 4.79. The molecule has 1 radical (unpaired) electrons. The molecule has 0 amide bonds. The van der Waals surface area contributed by atoms with Crippen molar-refractivity contribution in [1.29, 1.82) is 0 Å². The molecule has 0 aliphatic rings. The van der Waals surface area contributed by atoms with Crippen molar-refractivity contribution in [3.8, 4) is 0 Å². The third kappa shape index (κ3) is 0.828. The molecule has 0 atom stereocenters. The molecule has 1 aromatic heterocycles. The van der Waals surface area contributed by atoms with Crippen molar-refractivity contribution in [2.24, 2.45) is 0 Å². The summed E-state index contributed by atoms with van der Waals surface area (Å²) in [5, 5.41) is 11.0. The van der Waals surface area contributed by atoms with Gasteiger partial charge in [0.1, 0.15) is 0 Å². The van der Waals surface area contributed by atoms with Gasteiger partial charge in [-0.25, -0.2) is 0 Å². The maximum atomic E-state index is 3.81. The van der Waals surface area contributed by atoms with Crippen LogP contribution in [0.3, 0.4) is 0 Å². The molecule has 0 unspecified atom stereocenters. The number of nitrogens with zero attached hydrogens (tertiary/aromatic N) is 4. The van der Waals surface area contributed by atoms with E-state index in [-0.39, 0.29) is 0 Å². The maximum Gasteiger partial charge on any atom is 0.175 e. The normalized spacial score (nSPS) is 9.75. The van der Waals surface area contributed by atoms with Gasteiger partial charge in [0.05, 0.1) is 6.54 Å². The summed E-state index contributed by atoms with van der Waals surface area (Å²) in [5.41, 5.74) is 0. The Morgan fingerprint density at radius 3 is 2.75 bits per heavy atom. The Balaban J connectivity index is 2.84. The van der Waals surface area contributed by atoms with Gasteiger partial charge < -0.3 is 0 Å². The van der Waals surface area contributed by atoms with Gasteiger partial charge in [0.15, 0.2) is 5.82 Å². The largest absolute Gasteiger partial charge is 0.175 e. The molecule has 4 nitrogen and oxygen atoms in total. The quantitative estimate of drug-likeness (QED) is 0.507. The number of rotatable bonds is 1. The molecule has 0 aromatic carbocycles. The van der Waals surface area contributed by atoms with Crippen LogP contribution in [-0.4, -0.2) is 20.2 Å². The summed E-state index contributed by atoms with van der Waals surface area (Å²) in [6.07, 6.45) is 0. The van der Waals surface area contributed by atoms with Crippen LogP contribution in [0.4, 0.5) is 0 Å². The molecule has 8 heavy (non-hydrogen) atoms. The van der Waals surface area contributed by atoms with Gasteiger partial charge in [-0.3, -0.25) is 0 Å². The van der Waals surface area contributed by atoms with Gasteiger partial charge >= 0.3 is 0 Å². The van der Waals surface area contributed by atoms with Crippen molar-refractivity contribution in [3.63, 3.8) is 0 Å². The minimum Gasteiger partial charge on any atom is -0.164 e. The molecule has 0 aliphatic carbocycles. The van der Waals surface area contributed by atoms with Gasteiger partial charge in [-0.05, 0) is 12.1 Å². The van der Waals surface area contributed by atoms with Crippen LogP contribution in [0.25, 0.3) is 0 Å². The predicted molar refractivity (Wildman–Crippen MR) is 27.9 cm³/mol. The van der Waals surface area contributed by atoms with E-state index in [0.717, 1.165) is 6.54 Å². The van der Waals surface area contributed by atoms with E-state index in [0.29, 0.717) is 5.82 Å². The van der Waals surface area contributed by atoms with Crippen LogP contribution in [0.2, 0.25) is 0 Å². The van der Waals surface area contributed by atoms with Crippen LogP contribution in [0.1, 0.15) is 12.7 Å². The van der Waals surface area contributed by atoms with Crippen molar-refractivity contribution in [3.05, 3.63) is 12.7 Å². The summed E-state index contributed by atoms with van der Waals surface area (Å²) < 4.78 is 0. The Bertz CT molecular complexity index is 168. The van der Waals surface area contributed by atoms with Gasteiger partial charge in [-0.15, -0.1) is 10.2 Å². The standard InChI is InChI=1S/C4H7N4/c1-3-8-6-4(2)5-7-8/h2-3H2,1H3. The second-order valence-electron chi connectivity index (χ2n) is 1.39. The summed E-state index contributed by atoms with van der Waals surface area (Å²) in [5.74, 6) is 0.479. The van der Waals surface area contributed by atoms with Crippen LogP contribution in [0.15, 0.2) is 0 Å². The topological polar surface area (TPSA) is 43.6 Å². The Morgan fingerprint density at radius 1 is 1.75 bits per heavy atom. The number of hydrogen-bond acceptors (Lipinski definition) is 3. The minimum absolute atomic E-state index is 0.479. The first-order valence-electron chi connectivity index (χ1n) is 2.42. The summed E-state index contributed by atoms with van der Waals surface area (Å²) in [4.78, 5) is 1.49. The average molecular weight is 111 g/mol. The Morgan fingerprint density at radius 2 is 2.50 bits per heavy atom. The summed E-state index contributed by atoms with van der Waals surface area (Å²) >= 11 is 0. The highest BCUT2D eigenvalue weighted by Crippen LogP contribution is 1.78. The minimum atomic E-state index is 0.479. The van der Waals surface area contributed by atoms with E-state index in [1.54, 1.807) is 0 Å². The van der Waals surface area contributed by atoms with Crippen molar-refractivity contribution >= 4 is 0 Å². The molecular weight excluding hydrogens is 104 g/mol. The van der Waals surface area contributed by atoms with E-state index in [1.165, 1.54) is 4.80 Å². The van der Waals surface area contributed by atoms with Crippen molar-refractivity contribution < 1.29 is 0 Å². The summed E-state index contributed by atoms with van der Waals surface area (Å²) in [6, 6.07) is 0. The van der Waals surface area contributed by atoms with Crippen molar-refractivity contribution in [1.82, 2.24) is 20.2 Å². The Hall–Kier alpha value is -0.930. The van der Waals surface area contributed by atoms with Gasteiger partial charge in [0, 0.05) is 6.92 Å². The third-order valence-corrected chi connectivity index (χ3v) is 0.777. The lowest BCUT2D eigenvalue weighted by Gasteiger charge is -1.83. The summed E-state index contributed by atoms with van der Waals surface area (Å²) in [7, 11) is 0.